The highest BCUT2D eigenvalue weighted by molar-refractivity contribution is 6.17. The normalized spacial score (nSPS) is 17.1. The molecule has 1 heterocycles. The first-order valence-electron chi connectivity index (χ1n) is 4.23. The summed E-state index contributed by atoms with van der Waals surface area (Å²) in [5.41, 5.74) is 0. The van der Waals surface area contributed by atoms with Crippen molar-refractivity contribution in [2.75, 3.05) is 25.6 Å². The maximum atomic E-state index is 11.1. The molecule has 0 atom stereocenters. The van der Waals surface area contributed by atoms with E-state index in [2.05, 4.69) is 5.32 Å². The fourth-order valence-corrected chi connectivity index (χ4v) is 1.16. The van der Waals surface area contributed by atoms with Gasteiger partial charge in [-0.1, -0.05) is 0 Å². The number of halogens is 1. The average molecular weight is 192 g/mol. The molecule has 1 fully saturated rings. The van der Waals surface area contributed by atoms with Crippen LogP contribution >= 0.6 is 11.6 Å². The van der Waals surface area contributed by atoms with E-state index in [-0.39, 0.29) is 5.91 Å². The van der Waals surface area contributed by atoms with E-state index in [1.165, 1.54) is 0 Å². The first-order chi connectivity index (χ1) is 5.83. The Morgan fingerprint density at radius 2 is 2.33 bits per heavy atom. The lowest BCUT2D eigenvalue weighted by atomic mass is 10.0. The molecule has 1 rings (SSSR count). The van der Waals surface area contributed by atoms with E-state index < -0.39 is 0 Å². The molecule has 0 aliphatic carbocycles. The third kappa shape index (κ3) is 3.41. The minimum Gasteiger partial charge on any atom is -0.381 e. The summed E-state index contributed by atoms with van der Waals surface area (Å²) in [6.45, 7) is 2.17. The highest BCUT2D eigenvalue weighted by Gasteiger charge is 2.20. The van der Waals surface area contributed by atoms with Crippen LogP contribution in [0.4, 0.5) is 0 Å². The Balaban J connectivity index is 1.95. The minimum atomic E-state index is 0.119. The van der Waals surface area contributed by atoms with Gasteiger partial charge in [0, 0.05) is 24.8 Å². The fourth-order valence-electron chi connectivity index (χ4n) is 1.03. The van der Waals surface area contributed by atoms with Crippen molar-refractivity contribution < 1.29 is 9.53 Å². The van der Waals surface area contributed by atoms with Gasteiger partial charge in [0.15, 0.2) is 0 Å². The van der Waals surface area contributed by atoms with E-state index in [9.17, 15) is 4.79 Å². The van der Waals surface area contributed by atoms with Crippen molar-refractivity contribution >= 4 is 17.5 Å². The molecule has 0 unspecified atom stereocenters. The molecule has 1 amide bonds. The largest absolute Gasteiger partial charge is 0.381 e. The zero-order chi connectivity index (χ0) is 8.81. The summed E-state index contributed by atoms with van der Waals surface area (Å²) >= 11 is 5.46. The first-order valence-corrected chi connectivity index (χ1v) is 4.77. The monoisotopic (exact) mass is 191 g/mol. The van der Waals surface area contributed by atoms with Gasteiger partial charge in [0.05, 0.1) is 13.2 Å². The zero-order valence-corrected chi connectivity index (χ0v) is 7.77. The van der Waals surface area contributed by atoms with Gasteiger partial charge < -0.3 is 10.1 Å². The minimum absolute atomic E-state index is 0.119. The molecule has 70 valence electrons. The molecular weight excluding hydrogens is 178 g/mol. The zero-order valence-electron chi connectivity index (χ0n) is 7.01. The smallest absolute Gasteiger partial charge is 0.220 e. The lowest BCUT2D eigenvalue weighted by Crippen LogP contribution is -2.34. The molecule has 1 saturated heterocycles. The van der Waals surface area contributed by atoms with Crippen LogP contribution in [0, 0.1) is 5.92 Å². The number of carbonyl (C=O) groups is 1. The summed E-state index contributed by atoms with van der Waals surface area (Å²) in [7, 11) is 0. The standard InChI is InChI=1S/C8H14ClNO2/c9-2-1-3-10-8(11)4-7-5-12-6-7/h7H,1-6H2,(H,10,11). The summed E-state index contributed by atoms with van der Waals surface area (Å²) in [5, 5.41) is 2.80. The molecule has 0 aromatic rings. The van der Waals surface area contributed by atoms with Gasteiger partial charge in [-0.25, -0.2) is 0 Å². The molecule has 1 N–H and O–H groups in total. The molecule has 1 aliphatic heterocycles. The third-order valence-corrected chi connectivity index (χ3v) is 2.08. The molecule has 0 saturated carbocycles. The van der Waals surface area contributed by atoms with Crippen molar-refractivity contribution in [3.05, 3.63) is 0 Å². The maximum absolute atomic E-state index is 11.1. The predicted molar refractivity (Wildman–Crippen MR) is 47.3 cm³/mol. The molecule has 12 heavy (non-hydrogen) atoms. The number of hydrogen-bond acceptors (Lipinski definition) is 2. The molecule has 0 bridgehead atoms. The second kappa shape index (κ2) is 5.38. The maximum Gasteiger partial charge on any atom is 0.220 e. The van der Waals surface area contributed by atoms with E-state index in [0.29, 0.717) is 24.8 Å². The van der Waals surface area contributed by atoms with Crippen LogP contribution in [0.25, 0.3) is 0 Å². The Morgan fingerprint density at radius 3 is 2.83 bits per heavy atom. The van der Waals surface area contributed by atoms with Crippen LogP contribution in [0.2, 0.25) is 0 Å². The topological polar surface area (TPSA) is 38.3 Å². The van der Waals surface area contributed by atoms with Gasteiger partial charge in [-0.15, -0.1) is 11.6 Å². The Bertz CT molecular complexity index is 148. The van der Waals surface area contributed by atoms with Crippen LogP contribution in [-0.4, -0.2) is 31.5 Å². The Morgan fingerprint density at radius 1 is 1.58 bits per heavy atom. The van der Waals surface area contributed by atoms with Crippen LogP contribution < -0.4 is 5.32 Å². The molecule has 0 aromatic carbocycles. The summed E-state index contributed by atoms with van der Waals surface area (Å²) in [6.07, 6.45) is 1.44. The summed E-state index contributed by atoms with van der Waals surface area (Å²) < 4.78 is 4.96. The van der Waals surface area contributed by atoms with Crippen molar-refractivity contribution in [3.8, 4) is 0 Å². The van der Waals surface area contributed by atoms with E-state index in [0.717, 1.165) is 19.6 Å². The van der Waals surface area contributed by atoms with Gasteiger partial charge in [-0.05, 0) is 6.42 Å². The number of nitrogens with one attached hydrogen (secondary N) is 1. The second-order valence-electron chi connectivity index (χ2n) is 3.00. The van der Waals surface area contributed by atoms with Crippen LogP contribution in [0.3, 0.4) is 0 Å². The highest BCUT2D eigenvalue weighted by atomic mass is 35.5. The third-order valence-electron chi connectivity index (χ3n) is 1.81. The van der Waals surface area contributed by atoms with Crippen LogP contribution in [0.5, 0.6) is 0 Å². The predicted octanol–water partition coefficient (Wildman–Crippen LogP) is 0.768. The summed E-state index contributed by atoms with van der Waals surface area (Å²) in [5.74, 6) is 1.17. The highest BCUT2D eigenvalue weighted by Crippen LogP contribution is 2.13. The number of amides is 1. The van der Waals surface area contributed by atoms with Gasteiger partial charge in [-0.2, -0.15) is 0 Å². The van der Waals surface area contributed by atoms with E-state index >= 15 is 0 Å². The van der Waals surface area contributed by atoms with Crippen molar-refractivity contribution in [3.63, 3.8) is 0 Å². The van der Waals surface area contributed by atoms with E-state index in [4.69, 9.17) is 16.3 Å². The Kier molecular flexibility index (Phi) is 4.40. The first kappa shape index (κ1) is 9.81. The SMILES string of the molecule is O=C(CC1COC1)NCCCCl. The second-order valence-corrected chi connectivity index (χ2v) is 3.38. The Labute approximate surface area is 77.4 Å². The number of carbonyl (C=O) groups excluding carboxylic acids is 1. The van der Waals surface area contributed by atoms with Gasteiger partial charge in [0.1, 0.15) is 0 Å². The summed E-state index contributed by atoms with van der Waals surface area (Å²) in [6, 6.07) is 0. The van der Waals surface area contributed by atoms with Gasteiger partial charge in [0.25, 0.3) is 0 Å². The number of rotatable bonds is 5. The van der Waals surface area contributed by atoms with Crippen molar-refractivity contribution in [2.24, 2.45) is 5.92 Å². The van der Waals surface area contributed by atoms with Gasteiger partial charge in [0.2, 0.25) is 5.91 Å². The lowest BCUT2D eigenvalue weighted by Gasteiger charge is -2.25. The van der Waals surface area contributed by atoms with Gasteiger partial charge in [-0.3, -0.25) is 4.79 Å². The average Bonchev–Trinajstić information content (AvgIpc) is 1.98. The molecule has 0 spiro atoms. The lowest BCUT2D eigenvalue weighted by molar-refractivity contribution is -0.126. The van der Waals surface area contributed by atoms with Gasteiger partial charge >= 0.3 is 0 Å². The van der Waals surface area contributed by atoms with Crippen molar-refractivity contribution in [1.82, 2.24) is 5.32 Å². The van der Waals surface area contributed by atoms with E-state index in [1.807, 2.05) is 0 Å². The molecule has 0 radical (unpaired) electrons. The molecule has 0 aromatic heterocycles. The molecule has 4 heteroatoms. The molecule has 1 aliphatic rings. The van der Waals surface area contributed by atoms with Crippen LogP contribution in [0.1, 0.15) is 12.8 Å². The van der Waals surface area contributed by atoms with Crippen LogP contribution in [0.15, 0.2) is 0 Å². The number of alkyl halides is 1. The van der Waals surface area contributed by atoms with Crippen molar-refractivity contribution in [2.45, 2.75) is 12.8 Å². The number of ether oxygens (including phenoxy) is 1. The molecule has 3 nitrogen and oxygen atoms in total. The quantitative estimate of drug-likeness (QED) is 0.515. The summed E-state index contributed by atoms with van der Waals surface area (Å²) in [4.78, 5) is 11.1. The Hall–Kier alpha value is -0.280. The van der Waals surface area contributed by atoms with Crippen LogP contribution in [-0.2, 0) is 9.53 Å². The fraction of sp³-hybridized carbons (Fsp3) is 0.875. The molecular formula is C8H14ClNO2. The van der Waals surface area contributed by atoms with E-state index in [1.54, 1.807) is 0 Å². The van der Waals surface area contributed by atoms with Crippen molar-refractivity contribution in [1.29, 1.82) is 0 Å². The number of hydrogen-bond donors (Lipinski definition) is 1.